The minimum absolute atomic E-state index is 0.0658. The summed E-state index contributed by atoms with van der Waals surface area (Å²) in [5.74, 6) is -0.127. The van der Waals surface area contributed by atoms with Crippen molar-refractivity contribution in [2.75, 3.05) is 19.8 Å². The van der Waals surface area contributed by atoms with Gasteiger partial charge < -0.3 is 15.8 Å². The van der Waals surface area contributed by atoms with E-state index in [4.69, 9.17) is 25.5 Å². The molecule has 3 atom stereocenters. The molecule has 0 spiro atoms. The fourth-order valence-electron chi connectivity index (χ4n) is 6.24. The minimum Gasteiger partial charge on any atom is -0.381 e. The summed E-state index contributed by atoms with van der Waals surface area (Å²) in [6.45, 7) is 0.804. The monoisotopic (exact) mass is 506 g/mol. The lowest BCUT2D eigenvalue weighted by molar-refractivity contribution is -0.183. The van der Waals surface area contributed by atoms with Crippen molar-refractivity contribution in [3.8, 4) is 0 Å². The Morgan fingerprint density at radius 1 is 1.11 bits per heavy atom. The normalized spacial score (nSPS) is 30.7. The molecule has 1 amide bonds. The molecule has 11 heteroatoms. The average Bonchev–Trinajstić information content (AvgIpc) is 3.56. The Labute approximate surface area is 207 Å². The van der Waals surface area contributed by atoms with Gasteiger partial charge in [0.2, 0.25) is 5.91 Å². The van der Waals surface area contributed by atoms with Gasteiger partial charge in [-0.15, -0.1) is 0 Å². The van der Waals surface area contributed by atoms with E-state index in [0.717, 1.165) is 48.9 Å². The largest absolute Gasteiger partial charge is 0.393 e. The molecule has 4 aliphatic rings. The van der Waals surface area contributed by atoms with Crippen LogP contribution in [0, 0.1) is 29.6 Å². The number of amides is 1. The van der Waals surface area contributed by atoms with Gasteiger partial charge in [0.15, 0.2) is 0 Å². The summed E-state index contributed by atoms with van der Waals surface area (Å²) in [6.07, 6.45) is 3.77. The van der Waals surface area contributed by atoms with Crippen molar-refractivity contribution in [2.24, 2.45) is 35.3 Å². The van der Waals surface area contributed by atoms with Crippen molar-refractivity contribution in [3.63, 3.8) is 0 Å². The first kappa shape index (κ1) is 24.1. The molecule has 2 aliphatic heterocycles. The van der Waals surface area contributed by atoms with Crippen LogP contribution < -0.4 is 11.1 Å². The number of fused-ring (bicyclic) bond motifs is 1. The van der Waals surface area contributed by atoms with Crippen LogP contribution >= 0.6 is 0 Å². The standard InChI is InChI=1S/C25H33F3N6O2/c26-25(27,28)18-9-17(23(35)30-11-18)10-19-22(14-3-5-36-6-4-14)32-24-31-20(12-34(24)33-19)21(29)16-7-15(8-16)13-1-2-13/h12-18,21H,1-11,29H2,(H,30,35)/t15?,16?,17-,18-,21+/m1/s1. The first-order valence-corrected chi connectivity index (χ1v) is 13.2. The second-order valence-corrected chi connectivity index (χ2v) is 11.2. The van der Waals surface area contributed by atoms with E-state index in [-0.39, 0.29) is 37.3 Å². The predicted octanol–water partition coefficient (Wildman–Crippen LogP) is 3.31. The number of imidazole rings is 1. The van der Waals surface area contributed by atoms with Crippen LogP contribution in [-0.4, -0.2) is 51.4 Å². The molecule has 196 valence electrons. The van der Waals surface area contributed by atoms with Crippen LogP contribution in [0.3, 0.4) is 0 Å². The second kappa shape index (κ2) is 9.24. The highest BCUT2D eigenvalue weighted by molar-refractivity contribution is 5.79. The van der Waals surface area contributed by atoms with E-state index in [1.54, 1.807) is 10.7 Å². The smallest absolute Gasteiger partial charge is 0.381 e. The molecule has 4 fully saturated rings. The fourth-order valence-corrected chi connectivity index (χ4v) is 6.24. The summed E-state index contributed by atoms with van der Waals surface area (Å²) in [4.78, 5) is 22.1. The SMILES string of the molecule is N[C@H](c1cn2nc(C[C@H]3C[C@@H](C(F)(F)F)CNC3=O)c(C3CCOCC3)nc2n1)C1CC(C2CC2)C1. The van der Waals surface area contributed by atoms with E-state index in [2.05, 4.69) is 5.32 Å². The zero-order chi connectivity index (χ0) is 25.0. The first-order chi connectivity index (χ1) is 17.3. The quantitative estimate of drug-likeness (QED) is 0.623. The lowest BCUT2D eigenvalue weighted by Crippen LogP contribution is -2.47. The number of aromatic nitrogens is 4. The molecule has 36 heavy (non-hydrogen) atoms. The summed E-state index contributed by atoms with van der Waals surface area (Å²) < 4.78 is 47.3. The molecular weight excluding hydrogens is 473 g/mol. The molecule has 0 aromatic carbocycles. The molecule has 2 saturated heterocycles. The fraction of sp³-hybridized carbons (Fsp3) is 0.760. The van der Waals surface area contributed by atoms with Crippen molar-refractivity contribution < 1.29 is 22.7 Å². The Bertz CT molecular complexity index is 1120. The van der Waals surface area contributed by atoms with Crippen molar-refractivity contribution >= 4 is 11.7 Å². The third-order valence-electron chi connectivity index (χ3n) is 8.76. The van der Waals surface area contributed by atoms with Gasteiger partial charge in [-0.2, -0.15) is 18.3 Å². The van der Waals surface area contributed by atoms with Crippen LogP contribution in [0.4, 0.5) is 13.2 Å². The van der Waals surface area contributed by atoms with Crippen LogP contribution in [0.1, 0.15) is 74.0 Å². The lowest BCUT2D eigenvalue weighted by Gasteiger charge is -2.38. The number of carbonyl (C=O) groups excluding carboxylic acids is 1. The van der Waals surface area contributed by atoms with E-state index < -0.39 is 18.0 Å². The van der Waals surface area contributed by atoms with Gasteiger partial charge in [-0.05, 0) is 62.7 Å². The number of rotatable bonds is 6. The zero-order valence-electron chi connectivity index (χ0n) is 20.2. The minimum atomic E-state index is -4.35. The van der Waals surface area contributed by atoms with Crippen LogP contribution in [0.25, 0.3) is 5.78 Å². The van der Waals surface area contributed by atoms with Gasteiger partial charge in [0, 0.05) is 38.0 Å². The molecule has 8 nitrogen and oxygen atoms in total. The Hall–Kier alpha value is -2.27. The number of nitrogens with zero attached hydrogens (tertiary/aromatic N) is 4. The lowest BCUT2D eigenvalue weighted by atomic mass is 9.68. The summed E-state index contributed by atoms with van der Waals surface area (Å²) in [6, 6.07) is -0.185. The molecule has 2 aromatic heterocycles. The Balaban J connectivity index is 1.27. The zero-order valence-corrected chi connectivity index (χ0v) is 20.2. The highest BCUT2D eigenvalue weighted by atomic mass is 19.4. The van der Waals surface area contributed by atoms with Crippen LogP contribution in [-0.2, 0) is 16.0 Å². The highest BCUT2D eigenvalue weighted by Crippen LogP contribution is 2.52. The van der Waals surface area contributed by atoms with Gasteiger partial charge >= 0.3 is 6.18 Å². The summed E-state index contributed by atoms with van der Waals surface area (Å²) >= 11 is 0. The number of ether oxygens (including phenoxy) is 1. The maximum atomic E-state index is 13.4. The van der Waals surface area contributed by atoms with Gasteiger partial charge in [-0.1, -0.05) is 0 Å². The number of halogens is 3. The molecule has 6 rings (SSSR count). The number of nitrogens with two attached hydrogens (primary N) is 1. The maximum absolute atomic E-state index is 13.4. The van der Waals surface area contributed by atoms with Crippen LogP contribution in [0.15, 0.2) is 6.20 Å². The van der Waals surface area contributed by atoms with Gasteiger partial charge in [0.1, 0.15) is 0 Å². The number of hydrogen-bond donors (Lipinski definition) is 2. The number of alkyl halides is 3. The summed E-state index contributed by atoms with van der Waals surface area (Å²) in [7, 11) is 0. The molecule has 3 N–H and O–H groups in total. The number of hydrogen-bond acceptors (Lipinski definition) is 6. The Morgan fingerprint density at radius 3 is 2.56 bits per heavy atom. The molecule has 2 saturated carbocycles. The molecule has 0 bridgehead atoms. The van der Waals surface area contributed by atoms with Crippen molar-refractivity contribution in [2.45, 2.75) is 69.5 Å². The predicted molar refractivity (Wildman–Crippen MR) is 124 cm³/mol. The molecular formula is C25H33F3N6O2. The van der Waals surface area contributed by atoms with Crippen molar-refractivity contribution in [1.29, 1.82) is 0 Å². The van der Waals surface area contributed by atoms with Crippen molar-refractivity contribution in [1.82, 2.24) is 24.9 Å². The van der Waals surface area contributed by atoms with E-state index in [0.29, 0.717) is 30.6 Å². The molecule has 2 aliphatic carbocycles. The van der Waals surface area contributed by atoms with E-state index in [9.17, 15) is 18.0 Å². The number of piperidine rings is 1. The van der Waals surface area contributed by atoms with Crippen molar-refractivity contribution in [3.05, 3.63) is 23.3 Å². The Kier molecular flexibility index (Phi) is 6.18. The molecule has 4 heterocycles. The molecule has 2 aromatic rings. The number of nitrogens with one attached hydrogen (secondary N) is 1. The van der Waals surface area contributed by atoms with Crippen LogP contribution in [0.2, 0.25) is 0 Å². The highest BCUT2D eigenvalue weighted by Gasteiger charge is 2.45. The third kappa shape index (κ3) is 4.71. The van der Waals surface area contributed by atoms with Crippen LogP contribution in [0.5, 0.6) is 0 Å². The number of carbonyl (C=O) groups is 1. The molecule has 0 radical (unpaired) electrons. The van der Waals surface area contributed by atoms with E-state index in [1.807, 2.05) is 0 Å². The average molecular weight is 507 g/mol. The van der Waals surface area contributed by atoms with E-state index >= 15 is 0 Å². The van der Waals surface area contributed by atoms with Gasteiger partial charge in [0.25, 0.3) is 5.78 Å². The first-order valence-electron chi connectivity index (χ1n) is 13.2. The van der Waals surface area contributed by atoms with Gasteiger partial charge in [0.05, 0.1) is 35.2 Å². The second-order valence-electron chi connectivity index (χ2n) is 11.2. The topological polar surface area (TPSA) is 107 Å². The summed E-state index contributed by atoms with van der Waals surface area (Å²) in [5, 5.41) is 7.20. The summed E-state index contributed by atoms with van der Waals surface area (Å²) in [5.41, 5.74) is 8.61. The third-order valence-corrected chi connectivity index (χ3v) is 8.76. The van der Waals surface area contributed by atoms with Gasteiger partial charge in [-0.25, -0.2) is 14.5 Å². The molecule has 0 unspecified atom stereocenters. The maximum Gasteiger partial charge on any atom is 0.393 e. The van der Waals surface area contributed by atoms with Gasteiger partial charge in [-0.3, -0.25) is 4.79 Å². The Morgan fingerprint density at radius 2 is 1.86 bits per heavy atom. The van der Waals surface area contributed by atoms with E-state index in [1.165, 1.54) is 12.8 Å².